The molecule has 2 aromatic carbocycles. The van der Waals surface area contributed by atoms with Gasteiger partial charge in [-0.15, -0.1) is 0 Å². The van der Waals surface area contributed by atoms with Gasteiger partial charge in [-0.25, -0.2) is 4.79 Å². The number of nitrogens with one attached hydrogen (secondary N) is 1. The highest BCUT2D eigenvalue weighted by atomic mass is 16.6. The molecule has 8 heteroatoms. The van der Waals surface area contributed by atoms with Gasteiger partial charge < -0.3 is 14.8 Å². The molecule has 2 unspecified atom stereocenters. The fourth-order valence-corrected chi connectivity index (χ4v) is 3.33. The summed E-state index contributed by atoms with van der Waals surface area (Å²) in [6.45, 7) is 0. The summed E-state index contributed by atoms with van der Waals surface area (Å²) >= 11 is 0. The van der Waals surface area contributed by atoms with Gasteiger partial charge in [0.15, 0.2) is 0 Å². The first kappa shape index (κ1) is 18.4. The molecule has 0 saturated carbocycles. The van der Waals surface area contributed by atoms with Crippen LogP contribution in [0.3, 0.4) is 0 Å². The molecule has 0 bridgehead atoms. The molecule has 2 aromatic rings. The quantitative estimate of drug-likeness (QED) is 0.500. The number of fused-ring (bicyclic) bond motifs is 1. The van der Waals surface area contributed by atoms with Gasteiger partial charge >= 0.3 is 11.9 Å². The lowest BCUT2D eigenvalue weighted by Crippen LogP contribution is -2.28. The Bertz CT molecular complexity index is 897. The minimum Gasteiger partial charge on any atom is -0.469 e. The van der Waals surface area contributed by atoms with Crippen LogP contribution in [0.4, 0.5) is 11.4 Å². The number of nitro benzene ring substituents is 1. The predicted molar refractivity (Wildman–Crippen MR) is 96.6 cm³/mol. The molecule has 8 nitrogen and oxygen atoms in total. The first-order chi connectivity index (χ1) is 13.0. The molecule has 0 fully saturated rings. The number of methoxy groups -OCH3 is 2. The van der Waals surface area contributed by atoms with Crippen LogP contribution in [0.15, 0.2) is 42.5 Å². The van der Waals surface area contributed by atoms with E-state index in [4.69, 9.17) is 9.47 Å². The number of carbonyl (C=O) groups excluding carboxylic acids is 2. The number of anilines is 1. The van der Waals surface area contributed by atoms with Gasteiger partial charge in [-0.3, -0.25) is 14.9 Å². The minimum atomic E-state index is -0.750. The van der Waals surface area contributed by atoms with Crippen molar-refractivity contribution < 1.29 is 24.0 Å². The normalized spacial score (nSPS) is 18.0. The minimum absolute atomic E-state index is 0.0104. The van der Waals surface area contributed by atoms with Crippen molar-refractivity contribution in [3.05, 3.63) is 69.3 Å². The predicted octanol–water partition coefficient (Wildman–Crippen LogP) is 3.19. The third-order valence-corrected chi connectivity index (χ3v) is 4.62. The highest BCUT2D eigenvalue weighted by Crippen LogP contribution is 2.44. The number of benzene rings is 2. The van der Waals surface area contributed by atoms with E-state index in [-0.39, 0.29) is 17.3 Å². The van der Waals surface area contributed by atoms with Gasteiger partial charge in [-0.05, 0) is 17.5 Å². The van der Waals surface area contributed by atoms with Crippen molar-refractivity contribution in [2.75, 3.05) is 19.5 Å². The molecule has 140 valence electrons. The molecular weight excluding hydrogens is 352 g/mol. The molecule has 0 spiro atoms. The Morgan fingerprint density at radius 1 is 1.15 bits per heavy atom. The summed E-state index contributed by atoms with van der Waals surface area (Å²) in [4.78, 5) is 35.3. The molecule has 0 aliphatic carbocycles. The molecule has 3 rings (SSSR count). The largest absolute Gasteiger partial charge is 0.469 e. The van der Waals surface area contributed by atoms with Crippen molar-refractivity contribution in [2.24, 2.45) is 0 Å². The van der Waals surface area contributed by atoms with Gasteiger partial charge in [0.05, 0.1) is 42.4 Å². The number of hydrogen-bond donors (Lipinski definition) is 1. The van der Waals surface area contributed by atoms with Crippen LogP contribution in [0.2, 0.25) is 0 Å². The topological polar surface area (TPSA) is 108 Å². The van der Waals surface area contributed by atoms with E-state index < -0.39 is 22.8 Å². The monoisotopic (exact) mass is 370 g/mol. The van der Waals surface area contributed by atoms with Crippen LogP contribution in [0, 0.1) is 10.1 Å². The standard InChI is InChI=1S/C19H18N2O6/c1-26-18(22)14-10-16(11-6-4-3-5-7-11)20-17-13(14)8-12(21(24)25)9-15(17)19(23)27-2/h3-9,14,16,20H,10H2,1-2H3. The first-order valence-electron chi connectivity index (χ1n) is 8.26. The third-order valence-electron chi connectivity index (χ3n) is 4.62. The summed E-state index contributed by atoms with van der Waals surface area (Å²) in [5, 5.41) is 14.5. The highest BCUT2D eigenvalue weighted by molar-refractivity contribution is 5.99. The molecule has 1 heterocycles. The van der Waals surface area contributed by atoms with Gasteiger partial charge in [0.25, 0.3) is 5.69 Å². The summed E-state index contributed by atoms with van der Waals surface area (Å²) in [7, 11) is 2.46. The van der Waals surface area contributed by atoms with Crippen molar-refractivity contribution in [3.63, 3.8) is 0 Å². The van der Waals surface area contributed by atoms with Gasteiger partial charge in [-0.1, -0.05) is 30.3 Å². The van der Waals surface area contributed by atoms with E-state index in [1.54, 1.807) is 0 Å². The van der Waals surface area contributed by atoms with Crippen LogP contribution in [0.25, 0.3) is 0 Å². The zero-order valence-electron chi connectivity index (χ0n) is 14.8. The molecule has 2 atom stereocenters. The van der Waals surface area contributed by atoms with Crippen molar-refractivity contribution in [1.82, 2.24) is 0 Å². The maximum Gasteiger partial charge on any atom is 0.340 e. The lowest BCUT2D eigenvalue weighted by molar-refractivity contribution is -0.384. The van der Waals surface area contributed by atoms with Crippen molar-refractivity contribution in [2.45, 2.75) is 18.4 Å². The van der Waals surface area contributed by atoms with E-state index in [1.165, 1.54) is 20.3 Å². The number of rotatable bonds is 4. The van der Waals surface area contributed by atoms with Crippen LogP contribution in [0.5, 0.6) is 0 Å². The molecule has 0 radical (unpaired) electrons. The highest BCUT2D eigenvalue weighted by Gasteiger charge is 2.37. The third kappa shape index (κ3) is 3.46. The number of nitro groups is 1. The number of carbonyl (C=O) groups is 2. The van der Waals surface area contributed by atoms with E-state index >= 15 is 0 Å². The average molecular weight is 370 g/mol. The second kappa shape index (κ2) is 7.45. The SMILES string of the molecule is COC(=O)c1cc([N+](=O)[O-])cc2c1NC(c1ccccc1)CC2C(=O)OC. The van der Waals surface area contributed by atoms with E-state index in [2.05, 4.69) is 5.32 Å². The second-order valence-corrected chi connectivity index (χ2v) is 6.13. The summed E-state index contributed by atoms with van der Waals surface area (Å²) < 4.78 is 9.69. The van der Waals surface area contributed by atoms with E-state index in [0.29, 0.717) is 17.7 Å². The molecule has 1 aliphatic heterocycles. The fourth-order valence-electron chi connectivity index (χ4n) is 3.33. The molecule has 1 aliphatic rings. The van der Waals surface area contributed by atoms with Crippen molar-refractivity contribution in [3.8, 4) is 0 Å². The second-order valence-electron chi connectivity index (χ2n) is 6.13. The maximum atomic E-state index is 12.4. The summed E-state index contributed by atoms with van der Waals surface area (Å²) in [6, 6.07) is 11.6. The molecule has 0 aromatic heterocycles. The molecular formula is C19H18N2O6. The van der Waals surface area contributed by atoms with E-state index in [1.807, 2.05) is 30.3 Å². The fraction of sp³-hybridized carbons (Fsp3) is 0.263. The Hall–Kier alpha value is -3.42. The van der Waals surface area contributed by atoms with Crippen LogP contribution >= 0.6 is 0 Å². The van der Waals surface area contributed by atoms with Crippen LogP contribution in [0.1, 0.15) is 39.9 Å². The van der Waals surface area contributed by atoms with E-state index in [9.17, 15) is 19.7 Å². The van der Waals surface area contributed by atoms with Crippen LogP contribution < -0.4 is 5.32 Å². The van der Waals surface area contributed by atoms with Crippen LogP contribution in [-0.4, -0.2) is 31.1 Å². The van der Waals surface area contributed by atoms with Gasteiger partial charge in [-0.2, -0.15) is 0 Å². The molecule has 0 amide bonds. The Morgan fingerprint density at radius 3 is 2.44 bits per heavy atom. The van der Waals surface area contributed by atoms with Gasteiger partial charge in [0, 0.05) is 12.1 Å². The number of hydrogen-bond acceptors (Lipinski definition) is 7. The summed E-state index contributed by atoms with van der Waals surface area (Å²) in [5.74, 6) is -1.99. The zero-order chi connectivity index (χ0) is 19.6. The smallest absolute Gasteiger partial charge is 0.340 e. The molecule has 27 heavy (non-hydrogen) atoms. The van der Waals surface area contributed by atoms with E-state index in [0.717, 1.165) is 11.6 Å². The Morgan fingerprint density at radius 2 is 1.85 bits per heavy atom. The number of ether oxygens (including phenoxy) is 2. The summed E-state index contributed by atoms with van der Waals surface area (Å²) in [5.41, 5.74) is 1.34. The number of esters is 2. The number of nitrogens with zero attached hydrogens (tertiary/aromatic N) is 1. The lowest BCUT2D eigenvalue weighted by Gasteiger charge is -2.33. The number of non-ortho nitro benzene ring substituents is 1. The van der Waals surface area contributed by atoms with Crippen LogP contribution in [-0.2, 0) is 14.3 Å². The van der Waals surface area contributed by atoms with Crippen molar-refractivity contribution in [1.29, 1.82) is 0 Å². The van der Waals surface area contributed by atoms with Gasteiger partial charge in [0.2, 0.25) is 0 Å². The lowest BCUT2D eigenvalue weighted by atomic mass is 9.83. The summed E-state index contributed by atoms with van der Waals surface area (Å²) in [6.07, 6.45) is 0.339. The molecule has 1 N–H and O–H groups in total. The zero-order valence-corrected chi connectivity index (χ0v) is 14.8. The van der Waals surface area contributed by atoms with Crippen molar-refractivity contribution >= 4 is 23.3 Å². The Labute approximate surface area is 155 Å². The Balaban J connectivity index is 2.19. The maximum absolute atomic E-state index is 12.4. The Kier molecular flexibility index (Phi) is 5.07. The average Bonchev–Trinajstić information content (AvgIpc) is 2.71. The molecule has 0 saturated heterocycles. The first-order valence-corrected chi connectivity index (χ1v) is 8.26. The van der Waals surface area contributed by atoms with Gasteiger partial charge in [0.1, 0.15) is 0 Å².